The van der Waals surface area contributed by atoms with Gasteiger partial charge in [0, 0.05) is 17.9 Å². The lowest BCUT2D eigenvalue weighted by Crippen LogP contribution is -2.07. The van der Waals surface area contributed by atoms with Crippen molar-refractivity contribution in [3.63, 3.8) is 0 Å². The first-order valence-electron chi connectivity index (χ1n) is 7.96. The van der Waals surface area contributed by atoms with E-state index in [0.717, 1.165) is 40.9 Å². The summed E-state index contributed by atoms with van der Waals surface area (Å²) >= 11 is 0. The predicted octanol–water partition coefficient (Wildman–Crippen LogP) is 4.60. The van der Waals surface area contributed by atoms with Gasteiger partial charge in [-0.2, -0.15) is 0 Å². The van der Waals surface area contributed by atoms with Crippen molar-refractivity contribution >= 4 is 10.8 Å². The Labute approximate surface area is 134 Å². The highest BCUT2D eigenvalue weighted by atomic mass is 16.4. The topological polar surface area (TPSA) is 43.4 Å². The molecule has 3 nitrogen and oxygen atoms in total. The van der Waals surface area contributed by atoms with Crippen molar-refractivity contribution in [3.8, 4) is 0 Å². The average Bonchev–Trinajstić information content (AvgIpc) is 3.28. The van der Waals surface area contributed by atoms with E-state index in [0.29, 0.717) is 24.1 Å². The van der Waals surface area contributed by atoms with Gasteiger partial charge in [0.15, 0.2) is 0 Å². The van der Waals surface area contributed by atoms with Crippen LogP contribution in [0.25, 0.3) is 10.8 Å². The first-order valence-corrected chi connectivity index (χ1v) is 7.96. The molecule has 4 rings (SSSR count). The molecule has 2 heterocycles. The van der Waals surface area contributed by atoms with Gasteiger partial charge in [-0.1, -0.05) is 30.4 Å². The Kier molecular flexibility index (Phi) is 3.41. The minimum absolute atomic E-state index is 0.233. The average molecular weight is 306 g/mol. The zero-order valence-electron chi connectivity index (χ0n) is 12.9. The second-order valence-corrected chi connectivity index (χ2v) is 6.24. The van der Waals surface area contributed by atoms with Gasteiger partial charge in [-0.15, -0.1) is 0 Å². The lowest BCUT2D eigenvalue weighted by Gasteiger charge is -2.12. The third-order valence-electron chi connectivity index (χ3n) is 4.35. The third-order valence-corrected chi connectivity index (χ3v) is 4.35. The van der Waals surface area contributed by atoms with Crippen molar-refractivity contribution in [2.24, 2.45) is 0 Å². The van der Waals surface area contributed by atoms with Crippen molar-refractivity contribution in [2.75, 3.05) is 0 Å². The molecular formula is C20H18O3. The van der Waals surface area contributed by atoms with E-state index in [2.05, 4.69) is 6.58 Å². The molecule has 0 unspecified atom stereocenters. The molecule has 2 aromatic heterocycles. The van der Waals surface area contributed by atoms with Gasteiger partial charge < -0.3 is 8.83 Å². The highest BCUT2D eigenvalue weighted by Crippen LogP contribution is 2.43. The summed E-state index contributed by atoms with van der Waals surface area (Å²) in [4.78, 5) is 12.2. The summed E-state index contributed by atoms with van der Waals surface area (Å²) in [6.45, 7) is 4.20. The highest BCUT2D eigenvalue weighted by molar-refractivity contribution is 5.85. The van der Waals surface area contributed by atoms with Crippen LogP contribution >= 0.6 is 0 Å². The van der Waals surface area contributed by atoms with E-state index in [-0.39, 0.29) is 5.63 Å². The molecule has 3 heteroatoms. The van der Waals surface area contributed by atoms with Crippen molar-refractivity contribution < 1.29 is 8.83 Å². The van der Waals surface area contributed by atoms with Crippen LogP contribution in [0.5, 0.6) is 0 Å². The van der Waals surface area contributed by atoms with Crippen molar-refractivity contribution in [1.29, 1.82) is 0 Å². The lowest BCUT2D eigenvalue weighted by molar-refractivity contribution is 0.462. The number of allylic oxidation sites excluding steroid dienone is 1. The molecular weight excluding hydrogens is 288 g/mol. The first-order chi connectivity index (χ1) is 11.2. The van der Waals surface area contributed by atoms with E-state index >= 15 is 0 Å². The largest absolute Gasteiger partial charge is 0.469 e. The number of furan rings is 1. The van der Waals surface area contributed by atoms with Crippen molar-refractivity contribution in [1.82, 2.24) is 0 Å². The molecule has 0 N–H and O–H groups in total. The Hall–Kier alpha value is -2.55. The SMILES string of the molecule is C=C(Cc1ccco1)Cc1c(C2CC2)oc(=O)c2ccccc12. The lowest BCUT2D eigenvalue weighted by atomic mass is 9.96. The molecule has 1 aliphatic rings. The molecule has 0 atom stereocenters. The van der Waals surface area contributed by atoms with Crippen molar-refractivity contribution in [2.45, 2.75) is 31.6 Å². The molecule has 23 heavy (non-hydrogen) atoms. The quantitative estimate of drug-likeness (QED) is 0.647. The second-order valence-electron chi connectivity index (χ2n) is 6.24. The Morgan fingerprint density at radius 2 is 1.87 bits per heavy atom. The maximum atomic E-state index is 12.2. The molecule has 1 aromatic carbocycles. The number of benzene rings is 1. The predicted molar refractivity (Wildman–Crippen MR) is 89.7 cm³/mol. The fourth-order valence-electron chi connectivity index (χ4n) is 3.10. The Morgan fingerprint density at radius 3 is 2.57 bits per heavy atom. The second kappa shape index (κ2) is 5.58. The Bertz CT molecular complexity index is 912. The maximum Gasteiger partial charge on any atom is 0.343 e. The molecule has 0 radical (unpaired) electrons. The van der Waals surface area contributed by atoms with Crippen LogP contribution in [-0.4, -0.2) is 0 Å². The fraction of sp³-hybridized carbons (Fsp3) is 0.250. The molecule has 0 aliphatic heterocycles. The monoisotopic (exact) mass is 306 g/mol. The van der Waals surface area contributed by atoms with E-state index in [1.54, 1.807) is 6.26 Å². The fourth-order valence-corrected chi connectivity index (χ4v) is 3.10. The molecule has 0 amide bonds. The summed E-state index contributed by atoms with van der Waals surface area (Å²) in [6, 6.07) is 11.5. The van der Waals surface area contributed by atoms with E-state index in [9.17, 15) is 4.79 Å². The van der Waals surface area contributed by atoms with E-state index < -0.39 is 0 Å². The maximum absolute atomic E-state index is 12.2. The number of rotatable bonds is 5. The van der Waals surface area contributed by atoms with Crippen LogP contribution in [0, 0.1) is 0 Å². The van der Waals surface area contributed by atoms with Crippen LogP contribution in [-0.2, 0) is 12.8 Å². The molecule has 1 saturated carbocycles. The van der Waals surface area contributed by atoms with Crippen LogP contribution in [0.1, 0.15) is 35.8 Å². The van der Waals surface area contributed by atoms with E-state index in [1.165, 1.54) is 0 Å². The first kappa shape index (κ1) is 14.1. The van der Waals surface area contributed by atoms with Crippen LogP contribution in [0.2, 0.25) is 0 Å². The minimum Gasteiger partial charge on any atom is -0.469 e. The Balaban J connectivity index is 1.75. The summed E-state index contributed by atoms with van der Waals surface area (Å²) < 4.78 is 11.1. The van der Waals surface area contributed by atoms with Gasteiger partial charge in [0.1, 0.15) is 11.5 Å². The molecule has 1 aliphatic carbocycles. The zero-order chi connectivity index (χ0) is 15.8. The molecule has 0 bridgehead atoms. The van der Waals surface area contributed by atoms with Gasteiger partial charge in [-0.25, -0.2) is 4.79 Å². The van der Waals surface area contributed by atoms with Gasteiger partial charge in [-0.3, -0.25) is 0 Å². The van der Waals surface area contributed by atoms with E-state index in [4.69, 9.17) is 8.83 Å². The number of hydrogen-bond acceptors (Lipinski definition) is 3. The van der Waals surface area contributed by atoms with Gasteiger partial charge in [0.25, 0.3) is 0 Å². The zero-order valence-corrected chi connectivity index (χ0v) is 12.9. The van der Waals surface area contributed by atoms with Gasteiger partial charge in [0.2, 0.25) is 0 Å². The van der Waals surface area contributed by atoms with Crippen LogP contribution in [0.15, 0.2) is 68.4 Å². The van der Waals surface area contributed by atoms with Gasteiger partial charge >= 0.3 is 5.63 Å². The third kappa shape index (κ3) is 2.74. The standard InChI is InChI=1S/C20H18O3/c1-13(11-15-5-4-10-22-15)12-18-16-6-2-3-7-17(16)20(21)23-19(18)14-8-9-14/h2-7,10,14H,1,8-9,11-12H2. The molecule has 3 aromatic rings. The highest BCUT2D eigenvalue weighted by Gasteiger charge is 2.30. The minimum atomic E-state index is -0.233. The summed E-state index contributed by atoms with van der Waals surface area (Å²) in [5.41, 5.74) is 1.93. The summed E-state index contributed by atoms with van der Waals surface area (Å²) in [7, 11) is 0. The smallest absolute Gasteiger partial charge is 0.343 e. The van der Waals surface area contributed by atoms with Gasteiger partial charge in [-0.05, 0) is 42.8 Å². The van der Waals surface area contributed by atoms with Crippen molar-refractivity contribution in [3.05, 3.63) is 82.3 Å². The van der Waals surface area contributed by atoms with Crippen LogP contribution in [0.4, 0.5) is 0 Å². The van der Waals surface area contributed by atoms with Crippen LogP contribution < -0.4 is 5.63 Å². The number of hydrogen-bond donors (Lipinski definition) is 0. The number of fused-ring (bicyclic) bond motifs is 1. The molecule has 1 fully saturated rings. The molecule has 0 saturated heterocycles. The molecule has 116 valence electrons. The Morgan fingerprint density at radius 1 is 1.09 bits per heavy atom. The summed E-state index contributed by atoms with van der Waals surface area (Å²) in [5, 5.41) is 1.64. The summed E-state index contributed by atoms with van der Waals surface area (Å²) in [6.07, 6.45) is 5.27. The van der Waals surface area contributed by atoms with Gasteiger partial charge in [0.05, 0.1) is 11.6 Å². The summed E-state index contributed by atoms with van der Waals surface area (Å²) in [5.74, 6) is 2.15. The normalized spacial score (nSPS) is 14.3. The van der Waals surface area contributed by atoms with E-state index in [1.807, 2.05) is 36.4 Å². The van der Waals surface area contributed by atoms with Crippen LogP contribution in [0.3, 0.4) is 0 Å². The molecule has 0 spiro atoms.